The molecule has 9 heterocycles. The van der Waals surface area contributed by atoms with Crippen molar-refractivity contribution in [3.05, 3.63) is 164 Å². The van der Waals surface area contributed by atoms with Crippen molar-refractivity contribution in [1.29, 1.82) is 0 Å². The lowest BCUT2D eigenvalue weighted by atomic mass is 9.89. The zero-order valence-corrected chi connectivity index (χ0v) is 78.8. The van der Waals surface area contributed by atoms with Crippen molar-refractivity contribution in [2.24, 2.45) is 5.92 Å². The first-order valence-corrected chi connectivity index (χ1v) is 46.8. The number of halogens is 2. The molecule has 7 aromatic carbocycles. The van der Waals surface area contributed by atoms with Crippen LogP contribution in [0.15, 0.2) is 115 Å². The topological polar surface area (TPSA) is 643 Å². The molecule has 3 fully saturated rings. The molecule has 0 unspecified atom stereocenters. The lowest BCUT2D eigenvalue weighted by Gasteiger charge is -2.44. The van der Waals surface area contributed by atoms with Crippen LogP contribution in [0, 0.1) is 5.92 Å². The smallest absolute Gasteiger partial charge is 0.248 e. The summed E-state index contributed by atoms with van der Waals surface area (Å²) in [6.45, 7) is 2.36. The second-order valence-electron chi connectivity index (χ2n) is 36.2. The van der Waals surface area contributed by atoms with E-state index in [0.717, 1.165) is 112 Å². The number of carbonyl (C=O) groups is 9. The Kier molecular flexibility index (Phi) is 34.1. The molecule has 0 radical (unpaired) electrons. The summed E-state index contributed by atoms with van der Waals surface area (Å²) in [4.78, 5) is 144. The number of unbranched alkanes of at least 4 members (excludes halogenated alkanes) is 5. The van der Waals surface area contributed by atoms with Gasteiger partial charge in [-0.15, -0.1) is 0 Å². The maximum absolute atomic E-state index is 17.2. The Hall–Kier alpha value is -12.1. The number of rotatable bonds is 26. The summed E-state index contributed by atoms with van der Waals surface area (Å²) < 4.78 is 58.5. The van der Waals surface area contributed by atoms with E-state index in [-0.39, 0.29) is 63.9 Å². The Balaban J connectivity index is 1.04. The Bertz CT molecular complexity index is 5770. The maximum atomic E-state index is 17.2. The molecule has 9 amide bonds. The van der Waals surface area contributed by atoms with Crippen LogP contribution in [0.4, 0.5) is 0 Å². The van der Waals surface area contributed by atoms with Crippen molar-refractivity contribution in [1.82, 2.24) is 58.1 Å². The largest absolute Gasteiger partial charge is 0.508 e. The van der Waals surface area contributed by atoms with E-state index >= 15 is 28.8 Å². The molecular weight excluding hydrogens is 1890 g/mol. The zero-order valence-electron chi connectivity index (χ0n) is 77.2. The van der Waals surface area contributed by atoms with Gasteiger partial charge in [0.2, 0.25) is 71.5 Å². The molecule has 9 aliphatic heterocycles. The standard InChI is InChI=1S/C96H115Cl2N11O32/c1-41(2)14-11-9-7-8-10-12-15-68(118)103-76-82(123)79(120)66(39-111)138-95(76)141-86-63-33-48-34-64(86)135-60-23-19-46(31-55(60)98)85(140-94-75(101-42(3)113)81(122)78(119)65(38-110)137-94)77-93(132)107-74(88(127)100-24-13-25-109(5)6)53-36-50(115)37-62(136-96-84(125)83(124)80(121)67(40-112)139-96)69(53)52-30-44(17-20-57(52)116)71(90(129)108-77)105-92(131)73(48)106-91(130)72-47-28-49(114)35-51(29-47)133-61-32-45(18-21-58(61)117)70(99-4)89(128)102-56(87(126)104-72)27-43-16-22-59(134-63)54(97)26-43/h16-23,26,28-37,41,56,65-67,70-85,94-96,99,110-112,114-117,119-125H,7-15,24-25,27,38-40H2,1-6H3,(H,100,127)(H,101,113)(H,102,128)(H,103,118)(H,104,126)(H,105,131)(H,106,130)(H,107,132)(H,108,129)/t56-,65-,66-,67-,70-,71-,72+,73-,74+,75-,76-,77+,78-,79-,80-,81-,82-,83+,84+,85-,94+,95+,96+/m1/s1. The molecule has 0 saturated carbocycles. The number of nitrogens with zero attached hydrogens (tertiary/aromatic N) is 1. The van der Waals surface area contributed by atoms with Crippen LogP contribution in [-0.2, 0) is 68.5 Å². The van der Waals surface area contributed by atoms with Gasteiger partial charge in [0, 0.05) is 49.6 Å². The van der Waals surface area contributed by atoms with E-state index in [2.05, 4.69) is 67.0 Å². The lowest BCUT2D eigenvalue weighted by Crippen LogP contribution is -2.65. The number of aliphatic hydroxyl groups is 10. The summed E-state index contributed by atoms with van der Waals surface area (Å²) in [6.07, 6.45) is -23.1. The number of hydrogen-bond donors (Lipinski definition) is 24. The fourth-order valence-electron chi connectivity index (χ4n) is 17.8. The van der Waals surface area contributed by atoms with Gasteiger partial charge in [0.25, 0.3) is 0 Å². The number of nitrogens with one attached hydrogen (secondary N) is 10. The summed E-state index contributed by atoms with van der Waals surface area (Å²) in [5.41, 5.74) is -2.97. The summed E-state index contributed by atoms with van der Waals surface area (Å²) >= 11 is 14.9. The fourth-order valence-corrected chi connectivity index (χ4v) is 18.3. The highest BCUT2D eigenvalue weighted by atomic mass is 35.5. The van der Waals surface area contributed by atoms with Crippen LogP contribution in [0.5, 0.6) is 69.0 Å². The van der Waals surface area contributed by atoms with Gasteiger partial charge in [-0.05, 0) is 164 Å². The molecule has 0 aliphatic carbocycles. The molecule has 24 N–H and O–H groups in total. The molecule has 45 heteroatoms. The monoisotopic (exact) mass is 2000 g/mol. The van der Waals surface area contributed by atoms with Gasteiger partial charge >= 0.3 is 0 Å². The molecule has 9 aliphatic rings. The highest BCUT2D eigenvalue weighted by molar-refractivity contribution is 6.32. The third kappa shape index (κ3) is 24.1. The third-order valence-electron chi connectivity index (χ3n) is 25.2. The fraction of sp³-hybridized carbons (Fsp3) is 0.469. The molecule has 3 saturated heterocycles. The number of carbonyl (C=O) groups excluding carboxylic acids is 9. The number of hydrogen-bond acceptors (Lipinski definition) is 34. The van der Waals surface area contributed by atoms with Crippen LogP contribution in [0.3, 0.4) is 0 Å². The van der Waals surface area contributed by atoms with Crippen molar-refractivity contribution < 1.29 is 157 Å². The van der Waals surface area contributed by atoms with E-state index in [0.29, 0.717) is 25.3 Å². The van der Waals surface area contributed by atoms with E-state index in [4.69, 9.17) is 65.8 Å². The summed E-state index contributed by atoms with van der Waals surface area (Å²) in [5.74, 6) is -17.1. The van der Waals surface area contributed by atoms with Crippen molar-refractivity contribution in [2.45, 2.75) is 225 Å². The second kappa shape index (κ2) is 45.9. The van der Waals surface area contributed by atoms with Gasteiger partial charge in [-0.25, -0.2) is 0 Å². The third-order valence-corrected chi connectivity index (χ3v) is 25.8. The van der Waals surface area contributed by atoms with Gasteiger partial charge in [-0.3, -0.25) is 43.2 Å². The number of phenolic OH excluding ortho intramolecular Hbond substituents is 4. The van der Waals surface area contributed by atoms with Gasteiger partial charge in [-0.2, -0.15) is 0 Å². The molecule has 7 aromatic rings. The van der Waals surface area contributed by atoms with Gasteiger partial charge < -0.3 is 172 Å². The summed E-state index contributed by atoms with van der Waals surface area (Å²) in [5, 5.41) is 188. The van der Waals surface area contributed by atoms with Crippen molar-refractivity contribution in [3.63, 3.8) is 0 Å². The van der Waals surface area contributed by atoms with Crippen LogP contribution in [0.1, 0.15) is 154 Å². The van der Waals surface area contributed by atoms with Crippen molar-refractivity contribution in [2.75, 3.05) is 54.1 Å². The van der Waals surface area contributed by atoms with Crippen molar-refractivity contribution >= 4 is 76.4 Å². The number of likely N-dealkylation sites (N-methyl/N-ethyl adjacent to an activating group) is 1. The van der Waals surface area contributed by atoms with Crippen LogP contribution in [0.2, 0.25) is 10.0 Å². The van der Waals surface area contributed by atoms with Gasteiger partial charge in [-0.1, -0.05) is 99.8 Å². The van der Waals surface area contributed by atoms with Crippen LogP contribution in [0.25, 0.3) is 11.1 Å². The highest BCUT2D eigenvalue weighted by Crippen LogP contribution is 2.51. The van der Waals surface area contributed by atoms with Gasteiger partial charge in [0.05, 0.1) is 29.9 Å². The Labute approximate surface area is 817 Å². The van der Waals surface area contributed by atoms with E-state index in [9.17, 15) is 85.9 Å². The first-order valence-electron chi connectivity index (χ1n) is 46.0. The predicted octanol–water partition coefficient (Wildman–Crippen LogP) is 2.04. The molecule has 17 bridgehead atoms. The number of phenols is 4. The molecule has 0 spiro atoms. The highest BCUT2D eigenvalue weighted by Gasteiger charge is 2.53. The van der Waals surface area contributed by atoms with E-state index in [1.165, 1.54) is 49.5 Å². The molecule has 43 nitrogen and oxygen atoms in total. The number of amides is 9. The van der Waals surface area contributed by atoms with Crippen LogP contribution in [-0.4, -0.2) is 288 Å². The first-order chi connectivity index (χ1) is 67.3. The summed E-state index contributed by atoms with van der Waals surface area (Å²) in [6, 6.07) is 2.80. The maximum Gasteiger partial charge on any atom is 0.248 e. The minimum atomic E-state index is -2.52. The van der Waals surface area contributed by atoms with Crippen molar-refractivity contribution in [3.8, 4) is 80.1 Å². The lowest BCUT2D eigenvalue weighted by molar-refractivity contribution is -0.284. The minimum Gasteiger partial charge on any atom is -0.508 e. The molecule has 23 atom stereocenters. The predicted molar refractivity (Wildman–Crippen MR) is 496 cm³/mol. The van der Waals surface area contributed by atoms with Gasteiger partial charge in [0.1, 0.15) is 162 Å². The number of benzene rings is 7. The minimum absolute atomic E-state index is 0.130. The molecule has 0 aromatic heterocycles. The number of aromatic hydroxyl groups is 4. The van der Waals surface area contributed by atoms with E-state index in [1.807, 2.05) is 0 Å². The van der Waals surface area contributed by atoms with Crippen LogP contribution >= 0.6 is 23.2 Å². The SMILES string of the molecule is CN[C@H]1C(=O)N[C@@H]2Cc3ccc(c(Cl)c3)Oc3cc4cc(c3O[C@@H]3O[C@H](CO)[C@@H](O)[C@H](O)[C@H]3NC(=O)CCCCCCCCC(C)C)Oc3ccc(cc3Cl)[C@@H](O[C@@H]3O[C@H](CO)[C@@H](O)[C@H](O)[C@H]3NC(C)=O)[C@@H]3NC(=O)[C@H](NC(=O)[C@@H]4NC(=O)[C@@H](NC2=O)c2cc(O)cc(c2)Oc2cc1ccc2O)c1ccc(O)c(c1)-c1c(O[C@H]2O[C@H](CO)[C@@H](O)[C@H](O)[C@@H]2O)cc(O)cc1[C@@H](C(=O)NCCCN(C)C)NC3=O. The van der Waals surface area contributed by atoms with Crippen LogP contribution < -0.4 is 76.9 Å². The first kappa shape index (κ1) is 105. The quantitative estimate of drug-likeness (QED) is 0.0345. The second-order valence-corrected chi connectivity index (χ2v) is 37.1. The Morgan fingerprint density at radius 1 is 0.504 bits per heavy atom. The zero-order chi connectivity index (χ0) is 101. The molecule has 16 rings (SSSR count). The average Bonchev–Trinajstić information content (AvgIpc) is 0.751. The Morgan fingerprint density at radius 3 is 1.70 bits per heavy atom. The number of aliphatic hydroxyl groups excluding tert-OH is 10. The number of ether oxygens (including phenoxy) is 9. The molecule has 760 valence electrons. The van der Waals surface area contributed by atoms with E-state index < -0.39 is 304 Å². The average molecular weight is 2010 g/mol. The summed E-state index contributed by atoms with van der Waals surface area (Å²) in [7, 11) is 4.90. The van der Waals surface area contributed by atoms with Gasteiger partial charge in [0.15, 0.2) is 29.3 Å². The van der Waals surface area contributed by atoms with E-state index in [1.54, 1.807) is 19.0 Å². The Morgan fingerprint density at radius 2 is 1.06 bits per heavy atom. The number of fused-ring (bicyclic) bond motifs is 14. The molecular formula is C96H115Cl2N11O32. The molecule has 141 heavy (non-hydrogen) atoms. The normalized spacial score (nSPS) is 27.8.